The Kier molecular flexibility index (Phi) is 3.02. The van der Waals surface area contributed by atoms with Gasteiger partial charge in [0.05, 0.1) is 11.5 Å². The highest BCUT2D eigenvalue weighted by Crippen LogP contribution is 2.16. The molecule has 0 N–H and O–H groups in total. The summed E-state index contributed by atoms with van der Waals surface area (Å²) in [5, 5.41) is 0. The number of hydrogen-bond donors (Lipinski definition) is 0. The standard InChI is InChI=1S/C5H10O2S.H2S/c1-5-2-3-8(6,7)4-5;/h5H,2-4H2,1H3;1H2. The molecule has 1 rings (SSSR count). The van der Waals surface area contributed by atoms with E-state index in [1.54, 1.807) is 0 Å². The van der Waals surface area contributed by atoms with Crippen molar-refractivity contribution in [2.24, 2.45) is 5.92 Å². The van der Waals surface area contributed by atoms with E-state index in [4.69, 9.17) is 0 Å². The molecule has 0 aromatic carbocycles. The van der Waals surface area contributed by atoms with E-state index in [1.807, 2.05) is 6.92 Å². The van der Waals surface area contributed by atoms with Gasteiger partial charge >= 0.3 is 0 Å². The summed E-state index contributed by atoms with van der Waals surface area (Å²) in [7, 11) is -2.60. The van der Waals surface area contributed by atoms with Gasteiger partial charge in [-0.3, -0.25) is 0 Å². The first kappa shape index (κ1) is 9.30. The molecule has 0 aromatic rings. The van der Waals surface area contributed by atoms with Crippen LogP contribution in [0.5, 0.6) is 0 Å². The molecule has 4 heteroatoms. The number of sulfone groups is 1. The summed E-state index contributed by atoms with van der Waals surface area (Å²) in [6.07, 6.45) is 0.863. The van der Waals surface area contributed by atoms with Crippen molar-refractivity contribution in [1.29, 1.82) is 0 Å². The van der Waals surface area contributed by atoms with Crippen LogP contribution in [0.25, 0.3) is 0 Å². The van der Waals surface area contributed by atoms with Crippen LogP contribution in [0.1, 0.15) is 13.3 Å². The normalized spacial score (nSPS) is 31.4. The molecule has 56 valence electrons. The summed E-state index contributed by atoms with van der Waals surface area (Å²) in [6, 6.07) is 0. The van der Waals surface area contributed by atoms with Gasteiger partial charge in [-0.1, -0.05) is 6.92 Å². The van der Waals surface area contributed by atoms with Crippen molar-refractivity contribution in [2.75, 3.05) is 11.5 Å². The zero-order chi connectivity index (χ0) is 6.20. The Morgan fingerprint density at radius 2 is 2.00 bits per heavy atom. The monoisotopic (exact) mass is 168 g/mol. The first-order valence-corrected chi connectivity index (χ1v) is 4.63. The van der Waals surface area contributed by atoms with E-state index in [0.717, 1.165) is 6.42 Å². The van der Waals surface area contributed by atoms with E-state index in [-0.39, 0.29) is 13.5 Å². The quantitative estimate of drug-likeness (QED) is 0.529. The van der Waals surface area contributed by atoms with E-state index in [9.17, 15) is 8.42 Å². The van der Waals surface area contributed by atoms with Crippen molar-refractivity contribution < 1.29 is 8.42 Å². The first-order chi connectivity index (χ1) is 3.60. The van der Waals surface area contributed by atoms with Gasteiger partial charge in [0.25, 0.3) is 0 Å². The van der Waals surface area contributed by atoms with Crippen molar-refractivity contribution in [3.05, 3.63) is 0 Å². The van der Waals surface area contributed by atoms with Crippen LogP contribution in [0.2, 0.25) is 0 Å². The van der Waals surface area contributed by atoms with Crippen LogP contribution in [0, 0.1) is 5.92 Å². The maximum atomic E-state index is 10.6. The SMILES string of the molecule is CC1CCS(=O)(=O)C1.S. The van der Waals surface area contributed by atoms with E-state index >= 15 is 0 Å². The van der Waals surface area contributed by atoms with E-state index < -0.39 is 9.84 Å². The molecule has 1 aliphatic heterocycles. The van der Waals surface area contributed by atoms with Crippen LogP contribution in [-0.4, -0.2) is 19.9 Å². The minimum atomic E-state index is -2.60. The minimum Gasteiger partial charge on any atom is -0.229 e. The molecular weight excluding hydrogens is 156 g/mol. The summed E-state index contributed by atoms with van der Waals surface area (Å²) in [4.78, 5) is 0. The minimum absolute atomic E-state index is 0. The Morgan fingerprint density at radius 3 is 2.11 bits per heavy atom. The number of rotatable bonds is 0. The molecule has 0 radical (unpaired) electrons. The van der Waals surface area contributed by atoms with Crippen molar-refractivity contribution >= 4 is 23.3 Å². The maximum absolute atomic E-state index is 10.6. The Labute approximate surface area is 63.0 Å². The molecular formula is C5H12O2S2. The van der Waals surface area contributed by atoms with E-state index in [2.05, 4.69) is 0 Å². The second-order valence-electron chi connectivity index (χ2n) is 2.51. The van der Waals surface area contributed by atoms with Gasteiger partial charge < -0.3 is 0 Å². The molecule has 0 spiro atoms. The van der Waals surface area contributed by atoms with Gasteiger partial charge in [-0.2, -0.15) is 13.5 Å². The smallest absolute Gasteiger partial charge is 0.150 e. The molecule has 0 aromatic heterocycles. The molecule has 1 heterocycles. The zero-order valence-electron chi connectivity index (χ0n) is 5.42. The molecule has 1 aliphatic rings. The Balaban J connectivity index is 0.000000640. The molecule has 2 nitrogen and oxygen atoms in total. The fourth-order valence-electron chi connectivity index (χ4n) is 0.981. The molecule has 1 atom stereocenters. The molecule has 9 heavy (non-hydrogen) atoms. The van der Waals surface area contributed by atoms with Crippen molar-refractivity contribution in [1.82, 2.24) is 0 Å². The highest BCUT2D eigenvalue weighted by molar-refractivity contribution is 7.91. The largest absolute Gasteiger partial charge is 0.229 e. The molecule has 0 saturated carbocycles. The third-order valence-corrected chi connectivity index (χ3v) is 3.39. The van der Waals surface area contributed by atoms with E-state index in [0.29, 0.717) is 17.4 Å². The highest BCUT2D eigenvalue weighted by atomic mass is 32.2. The van der Waals surface area contributed by atoms with Crippen molar-refractivity contribution in [3.8, 4) is 0 Å². The van der Waals surface area contributed by atoms with Gasteiger partial charge in [0.1, 0.15) is 0 Å². The second kappa shape index (κ2) is 2.92. The summed E-state index contributed by atoms with van der Waals surface area (Å²) >= 11 is 0. The van der Waals surface area contributed by atoms with Crippen molar-refractivity contribution in [2.45, 2.75) is 13.3 Å². The van der Waals surface area contributed by atoms with E-state index in [1.165, 1.54) is 0 Å². The van der Waals surface area contributed by atoms with Crippen LogP contribution < -0.4 is 0 Å². The van der Waals surface area contributed by atoms with Crippen LogP contribution >= 0.6 is 13.5 Å². The lowest BCUT2D eigenvalue weighted by atomic mass is 10.2. The van der Waals surface area contributed by atoms with Crippen LogP contribution in [-0.2, 0) is 9.84 Å². The Hall–Kier alpha value is 0.300. The van der Waals surface area contributed by atoms with Gasteiger partial charge in [-0.05, 0) is 12.3 Å². The zero-order valence-corrected chi connectivity index (χ0v) is 7.24. The highest BCUT2D eigenvalue weighted by Gasteiger charge is 2.23. The van der Waals surface area contributed by atoms with Crippen LogP contribution in [0.15, 0.2) is 0 Å². The molecule has 0 bridgehead atoms. The fraction of sp³-hybridized carbons (Fsp3) is 1.00. The summed E-state index contributed by atoms with van der Waals surface area (Å²) < 4.78 is 21.3. The average Bonchev–Trinajstić information content (AvgIpc) is 1.82. The lowest BCUT2D eigenvalue weighted by Crippen LogP contribution is -2.01. The Morgan fingerprint density at radius 1 is 1.44 bits per heavy atom. The molecule has 0 amide bonds. The molecule has 1 fully saturated rings. The lowest BCUT2D eigenvalue weighted by molar-refractivity contribution is 0.599. The van der Waals surface area contributed by atoms with Crippen LogP contribution in [0.3, 0.4) is 0 Å². The van der Waals surface area contributed by atoms with Crippen LogP contribution in [0.4, 0.5) is 0 Å². The topological polar surface area (TPSA) is 34.1 Å². The summed E-state index contributed by atoms with van der Waals surface area (Å²) in [6.45, 7) is 1.98. The van der Waals surface area contributed by atoms with Gasteiger partial charge in [-0.15, -0.1) is 0 Å². The average molecular weight is 168 g/mol. The number of hydrogen-bond acceptors (Lipinski definition) is 2. The predicted molar refractivity (Wildman–Crippen MR) is 42.8 cm³/mol. The fourth-order valence-corrected chi connectivity index (χ4v) is 2.94. The molecule has 1 saturated heterocycles. The third kappa shape index (κ3) is 2.58. The third-order valence-electron chi connectivity index (χ3n) is 1.46. The molecule has 1 unspecified atom stereocenters. The first-order valence-electron chi connectivity index (χ1n) is 2.80. The van der Waals surface area contributed by atoms with Gasteiger partial charge in [0, 0.05) is 0 Å². The lowest BCUT2D eigenvalue weighted by Gasteiger charge is -1.90. The van der Waals surface area contributed by atoms with Gasteiger partial charge in [-0.25, -0.2) is 8.42 Å². The second-order valence-corrected chi connectivity index (χ2v) is 4.74. The Bertz CT molecular complexity index is 171. The van der Waals surface area contributed by atoms with Crippen molar-refractivity contribution in [3.63, 3.8) is 0 Å². The maximum Gasteiger partial charge on any atom is 0.150 e. The summed E-state index contributed by atoms with van der Waals surface area (Å²) in [5.41, 5.74) is 0. The van der Waals surface area contributed by atoms with Gasteiger partial charge in [0.2, 0.25) is 0 Å². The molecule has 0 aliphatic carbocycles. The summed E-state index contributed by atoms with van der Waals surface area (Å²) in [5.74, 6) is 1.22. The van der Waals surface area contributed by atoms with Gasteiger partial charge in [0.15, 0.2) is 9.84 Å². The predicted octanol–water partition coefficient (Wildman–Crippen LogP) is 0.554.